The van der Waals surface area contributed by atoms with Gasteiger partial charge in [-0.05, 0) is 29.8 Å². The SMILES string of the molecule is NC(=O)Nc1ccc(CNC(=O)CCNC(=O)c2ccccc2)cc1. The predicted octanol–water partition coefficient (Wildman–Crippen LogP) is 1.61. The van der Waals surface area contributed by atoms with E-state index in [1.165, 1.54) is 0 Å². The van der Waals surface area contributed by atoms with Gasteiger partial charge in [-0.2, -0.15) is 0 Å². The molecule has 0 spiro atoms. The summed E-state index contributed by atoms with van der Waals surface area (Å²) >= 11 is 0. The average molecular weight is 340 g/mol. The number of nitrogens with one attached hydrogen (secondary N) is 3. The summed E-state index contributed by atoms with van der Waals surface area (Å²) < 4.78 is 0. The standard InChI is InChI=1S/C18H20N4O3/c19-18(25)22-15-8-6-13(7-9-15)12-21-16(23)10-11-20-17(24)14-4-2-1-3-5-14/h1-9H,10-12H2,(H,20,24)(H,21,23)(H3,19,22,25). The molecule has 5 N–H and O–H groups in total. The first kappa shape index (κ1) is 18.0. The van der Waals surface area contributed by atoms with E-state index < -0.39 is 6.03 Å². The van der Waals surface area contributed by atoms with Gasteiger partial charge < -0.3 is 21.7 Å². The first-order chi connectivity index (χ1) is 12.0. The van der Waals surface area contributed by atoms with Crippen molar-refractivity contribution < 1.29 is 14.4 Å². The predicted molar refractivity (Wildman–Crippen MR) is 94.9 cm³/mol. The molecule has 0 radical (unpaired) electrons. The minimum atomic E-state index is -0.626. The first-order valence-corrected chi connectivity index (χ1v) is 7.80. The summed E-state index contributed by atoms with van der Waals surface area (Å²) in [6, 6.07) is 15.2. The molecule has 0 aromatic heterocycles. The highest BCUT2D eigenvalue weighted by atomic mass is 16.2. The minimum absolute atomic E-state index is 0.160. The summed E-state index contributed by atoms with van der Waals surface area (Å²) in [4.78, 5) is 34.4. The molecule has 0 saturated heterocycles. The fourth-order valence-corrected chi connectivity index (χ4v) is 2.12. The Kier molecular flexibility index (Phi) is 6.53. The summed E-state index contributed by atoms with van der Waals surface area (Å²) in [6.45, 7) is 0.628. The van der Waals surface area contributed by atoms with E-state index in [2.05, 4.69) is 16.0 Å². The molecule has 130 valence electrons. The van der Waals surface area contributed by atoms with Gasteiger partial charge in [0, 0.05) is 30.8 Å². The third-order valence-electron chi connectivity index (χ3n) is 3.38. The van der Waals surface area contributed by atoms with E-state index in [-0.39, 0.29) is 24.8 Å². The summed E-state index contributed by atoms with van der Waals surface area (Å²) in [5, 5.41) is 7.93. The van der Waals surface area contributed by atoms with Gasteiger partial charge in [-0.15, -0.1) is 0 Å². The number of carbonyl (C=O) groups is 3. The number of primary amides is 1. The summed E-state index contributed by atoms with van der Waals surface area (Å²) in [7, 11) is 0. The van der Waals surface area contributed by atoms with Crippen molar-refractivity contribution in [3.05, 3.63) is 65.7 Å². The maximum absolute atomic E-state index is 11.8. The molecule has 7 nitrogen and oxygen atoms in total. The van der Waals surface area contributed by atoms with Crippen LogP contribution in [0.4, 0.5) is 10.5 Å². The van der Waals surface area contributed by atoms with Crippen LogP contribution in [0.5, 0.6) is 0 Å². The van der Waals surface area contributed by atoms with Crippen molar-refractivity contribution in [2.45, 2.75) is 13.0 Å². The number of anilines is 1. The third kappa shape index (κ3) is 6.34. The van der Waals surface area contributed by atoms with Crippen molar-refractivity contribution >= 4 is 23.5 Å². The van der Waals surface area contributed by atoms with Gasteiger partial charge in [0.1, 0.15) is 0 Å². The Bertz CT molecular complexity index is 730. The van der Waals surface area contributed by atoms with Gasteiger partial charge in [0.05, 0.1) is 0 Å². The van der Waals surface area contributed by atoms with Crippen LogP contribution in [0.15, 0.2) is 54.6 Å². The highest BCUT2D eigenvalue weighted by molar-refractivity contribution is 5.94. The Balaban J connectivity index is 1.68. The maximum Gasteiger partial charge on any atom is 0.316 e. The fourth-order valence-electron chi connectivity index (χ4n) is 2.12. The van der Waals surface area contributed by atoms with Crippen LogP contribution in [-0.4, -0.2) is 24.4 Å². The van der Waals surface area contributed by atoms with Crippen LogP contribution in [0.25, 0.3) is 0 Å². The lowest BCUT2D eigenvalue weighted by atomic mass is 10.2. The van der Waals surface area contributed by atoms with E-state index in [1.807, 2.05) is 6.07 Å². The largest absolute Gasteiger partial charge is 0.352 e. The van der Waals surface area contributed by atoms with Gasteiger partial charge >= 0.3 is 6.03 Å². The highest BCUT2D eigenvalue weighted by Crippen LogP contribution is 2.09. The van der Waals surface area contributed by atoms with Gasteiger partial charge in [0.15, 0.2) is 0 Å². The van der Waals surface area contributed by atoms with E-state index in [0.29, 0.717) is 17.8 Å². The Labute approximate surface area is 145 Å². The molecule has 2 rings (SSSR count). The van der Waals surface area contributed by atoms with Crippen LogP contribution >= 0.6 is 0 Å². The van der Waals surface area contributed by atoms with Crippen LogP contribution in [0, 0.1) is 0 Å². The lowest BCUT2D eigenvalue weighted by molar-refractivity contribution is -0.121. The molecule has 4 amide bonds. The Morgan fingerprint density at radius 3 is 2.20 bits per heavy atom. The average Bonchev–Trinajstić information content (AvgIpc) is 2.61. The zero-order valence-electron chi connectivity index (χ0n) is 13.6. The zero-order chi connectivity index (χ0) is 18.1. The normalized spacial score (nSPS) is 9.92. The number of carbonyl (C=O) groups excluding carboxylic acids is 3. The number of urea groups is 1. The minimum Gasteiger partial charge on any atom is -0.352 e. The van der Waals surface area contributed by atoms with Crippen molar-refractivity contribution in [3.63, 3.8) is 0 Å². The highest BCUT2D eigenvalue weighted by Gasteiger charge is 2.06. The molecule has 0 atom stereocenters. The molecule has 0 heterocycles. The zero-order valence-corrected chi connectivity index (χ0v) is 13.6. The Morgan fingerprint density at radius 2 is 1.56 bits per heavy atom. The molecule has 2 aromatic rings. The van der Waals surface area contributed by atoms with Crippen LogP contribution in [0.2, 0.25) is 0 Å². The van der Waals surface area contributed by atoms with Crippen molar-refractivity contribution in [1.82, 2.24) is 10.6 Å². The number of rotatable bonds is 7. The third-order valence-corrected chi connectivity index (χ3v) is 3.38. The van der Waals surface area contributed by atoms with Crippen molar-refractivity contribution in [2.24, 2.45) is 5.73 Å². The fraction of sp³-hybridized carbons (Fsp3) is 0.167. The number of hydrogen-bond donors (Lipinski definition) is 4. The molecular formula is C18H20N4O3. The number of nitrogens with two attached hydrogens (primary N) is 1. The molecule has 0 aliphatic rings. The monoisotopic (exact) mass is 340 g/mol. The molecule has 0 unspecified atom stereocenters. The molecule has 0 fully saturated rings. The second kappa shape index (κ2) is 9.07. The van der Waals surface area contributed by atoms with E-state index in [0.717, 1.165) is 5.56 Å². The lowest BCUT2D eigenvalue weighted by Gasteiger charge is -2.08. The number of hydrogen-bond acceptors (Lipinski definition) is 3. The van der Waals surface area contributed by atoms with E-state index in [9.17, 15) is 14.4 Å². The van der Waals surface area contributed by atoms with Crippen LogP contribution in [-0.2, 0) is 11.3 Å². The molecule has 0 aliphatic carbocycles. The quantitative estimate of drug-likeness (QED) is 0.614. The topological polar surface area (TPSA) is 113 Å². The molecule has 7 heteroatoms. The maximum atomic E-state index is 11.8. The Morgan fingerprint density at radius 1 is 0.880 bits per heavy atom. The molecule has 0 aliphatic heterocycles. The van der Waals surface area contributed by atoms with Crippen molar-refractivity contribution in [1.29, 1.82) is 0 Å². The van der Waals surface area contributed by atoms with Crippen LogP contribution in [0.1, 0.15) is 22.3 Å². The Hall–Kier alpha value is -3.35. The first-order valence-electron chi connectivity index (χ1n) is 7.80. The van der Waals surface area contributed by atoms with Gasteiger partial charge in [-0.3, -0.25) is 9.59 Å². The second-order valence-corrected chi connectivity index (χ2v) is 5.33. The van der Waals surface area contributed by atoms with Gasteiger partial charge in [0.25, 0.3) is 5.91 Å². The van der Waals surface area contributed by atoms with E-state index in [4.69, 9.17) is 5.73 Å². The molecule has 0 saturated carbocycles. The summed E-state index contributed by atoms with van der Waals surface area (Å²) in [5.41, 5.74) is 7.07. The lowest BCUT2D eigenvalue weighted by Crippen LogP contribution is -2.30. The van der Waals surface area contributed by atoms with Crippen LogP contribution < -0.4 is 21.7 Å². The smallest absolute Gasteiger partial charge is 0.316 e. The molecular weight excluding hydrogens is 320 g/mol. The van der Waals surface area contributed by atoms with Gasteiger partial charge in [-0.25, -0.2) is 4.79 Å². The molecule has 2 aromatic carbocycles. The van der Waals surface area contributed by atoms with Crippen LogP contribution in [0.3, 0.4) is 0 Å². The molecule has 25 heavy (non-hydrogen) atoms. The molecule has 0 bridgehead atoms. The van der Waals surface area contributed by atoms with Gasteiger partial charge in [0.2, 0.25) is 5.91 Å². The summed E-state index contributed by atoms with van der Waals surface area (Å²) in [5.74, 6) is -0.362. The second-order valence-electron chi connectivity index (χ2n) is 5.33. The van der Waals surface area contributed by atoms with E-state index in [1.54, 1.807) is 48.5 Å². The van der Waals surface area contributed by atoms with Crippen molar-refractivity contribution in [3.8, 4) is 0 Å². The summed E-state index contributed by atoms with van der Waals surface area (Å²) in [6.07, 6.45) is 0.194. The van der Waals surface area contributed by atoms with Crippen molar-refractivity contribution in [2.75, 3.05) is 11.9 Å². The van der Waals surface area contributed by atoms with E-state index >= 15 is 0 Å². The number of amides is 4. The number of benzene rings is 2. The van der Waals surface area contributed by atoms with Gasteiger partial charge in [-0.1, -0.05) is 30.3 Å².